The molecule has 0 spiro atoms. The van der Waals surface area contributed by atoms with Crippen molar-refractivity contribution in [1.82, 2.24) is 5.32 Å². The van der Waals surface area contributed by atoms with Gasteiger partial charge in [0.1, 0.15) is 0 Å². The third kappa shape index (κ3) is 1.92. The molecule has 0 aromatic carbocycles. The van der Waals surface area contributed by atoms with Gasteiger partial charge in [0.2, 0.25) is 0 Å². The molecule has 0 aliphatic heterocycles. The standard InChI is InChI=1S/C15H29N/c1-13(2,3)10-16-12-14(4,5)11-7-8-15(12,6)9-11/h11-12,16H,7-10H2,1-6H3/t11-,12?,15+/m0/s1. The Morgan fingerprint density at radius 3 is 2.25 bits per heavy atom. The van der Waals surface area contributed by atoms with E-state index in [1.807, 2.05) is 0 Å². The van der Waals surface area contributed by atoms with Crippen molar-refractivity contribution in [3.63, 3.8) is 0 Å². The van der Waals surface area contributed by atoms with Crippen molar-refractivity contribution in [2.45, 2.75) is 66.8 Å². The van der Waals surface area contributed by atoms with Gasteiger partial charge in [-0.15, -0.1) is 0 Å². The summed E-state index contributed by atoms with van der Waals surface area (Å²) in [6, 6.07) is 0.720. The number of hydrogen-bond acceptors (Lipinski definition) is 1. The van der Waals surface area contributed by atoms with Gasteiger partial charge in [-0.2, -0.15) is 0 Å². The first-order valence-corrected chi connectivity index (χ1v) is 6.89. The van der Waals surface area contributed by atoms with Gasteiger partial charge in [0.15, 0.2) is 0 Å². The zero-order valence-electron chi connectivity index (χ0n) is 12.0. The second-order valence-electron chi connectivity index (χ2n) is 8.29. The largest absolute Gasteiger partial charge is 0.312 e. The highest BCUT2D eigenvalue weighted by atomic mass is 15.0. The Balaban J connectivity index is 2.08. The molecular weight excluding hydrogens is 194 g/mol. The third-order valence-corrected chi connectivity index (χ3v) is 5.11. The molecule has 3 atom stereocenters. The van der Waals surface area contributed by atoms with Crippen molar-refractivity contribution < 1.29 is 0 Å². The zero-order chi connectivity index (χ0) is 12.2. The fraction of sp³-hybridized carbons (Fsp3) is 1.00. The van der Waals surface area contributed by atoms with Gasteiger partial charge in [-0.3, -0.25) is 0 Å². The summed E-state index contributed by atoms with van der Waals surface area (Å²) >= 11 is 0. The molecule has 2 bridgehead atoms. The Morgan fingerprint density at radius 1 is 1.19 bits per heavy atom. The molecule has 2 rings (SSSR count). The maximum atomic E-state index is 3.88. The van der Waals surface area contributed by atoms with Gasteiger partial charge >= 0.3 is 0 Å². The minimum Gasteiger partial charge on any atom is -0.312 e. The molecule has 2 aliphatic carbocycles. The molecule has 2 saturated carbocycles. The normalized spacial score (nSPS) is 41.6. The smallest absolute Gasteiger partial charge is 0.0175 e. The molecule has 0 saturated heterocycles. The van der Waals surface area contributed by atoms with Crippen LogP contribution in [-0.4, -0.2) is 12.6 Å². The predicted octanol–water partition coefficient (Wildman–Crippen LogP) is 3.84. The van der Waals surface area contributed by atoms with E-state index in [1.165, 1.54) is 19.3 Å². The average molecular weight is 223 g/mol. The van der Waals surface area contributed by atoms with E-state index in [4.69, 9.17) is 0 Å². The molecule has 1 N–H and O–H groups in total. The first-order chi connectivity index (χ1) is 7.15. The maximum Gasteiger partial charge on any atom is 0.0175 e. The van der Waals surface area contributed by atoms with Gasteiger partial charge in [0.25, 0.3) is 0 Å². The van der Waals surface area contributed by atoms with Crippen molar-refractivity contribution in [2.75, 3.05) is 6.54 Å². The minimum atomic E-state index is 0.397. The van der Waals surface area contributed by atoms with Crippen LogP contribution in [0, 0.1) is 22.2 Å². The van der Waals surface area contributed by atoms with Crippen LogP contribution < -0.4 is 5.32 Å². The minimum absolute atomic E-state index is 0.397. The maximum absolute atomic E-state index is 3.88. The Hall–Kier alpha value is -0.0400. The summed E-state index contributed by atoms with van der Waals surface area (Å²) in [7, 11) is 0. The second kappa shape index (κ2) is 3.48. The van der Waals surface area contributed by atoms with Crippen LogP contribution in [0.1, 0.15) is 60.8 Å². The quantitative estimate of drug-likeness (QED) is 0.750. The first kappa shape index (κ1) is 12.4. The summed E-state index contributed by atoms with van der Waals surface area (Å²) in [4.78, 5) is 0. The predicted molar refractivity (Wildman–Crippen MR) is 70.5 cm³/mol. The van der Waals surface area contributed by atoms with Crippen molar-refractivity contribution in [1.29, 1.82) is 0 Å². The lowest BCUT2D eigenvalue weighted by atomic mass is 9.68. The Morgan fingerprint density at radius 2 is 1.81 bits per heavy atom. The molecule has 0 radical (unpaired) electrons. The van der Waals surface area contributed by atoms with E-state index >= 15 is 0 Å². The lowest BCUT2D eigenvalue weighted by Gasteiger charge is -2.44. The second-order valence-corrected chi connectivity index (χ2v) is 8.29. The van der Waals surface area contributed by atoms with Crippen LogP contribution in [0.5, 0.6) is 0 Å². The van der Waals surface area contributed by atoms with Crippen molar-refractivity contribution in [2.24, 2.45) is 22.2 Å². The molecule has 0 heterocycles. The molecular formula is C15H29N. The molecule has 1 nitrogen and oxygen atoms in total. The fourth-order valence-electron chi connectivity index (χ4n) is 4.22. The van der Waals surface area contributed by atoms with Crippen molar-refractivity contribution in [3.8, 4) is 0 Å². The first-order valence-electron chi connectivity index (χ1n) is 6.89. The lowest BCUT2D eigenvalue weighted by molar-refractivity contribution is 0.100. The van der Waals surface area contributed by atoms with Gasteiger partial charge in [-0.05, 0) is 41.4 Å². The van der Waals surface area contributed by atoms with Crippen LogP contribution >= 0.6 is 0 Å². The Kier molecular flexibility index (Phi) is 2.70. The van der Waals surface area contributed by atoms with Gasteiger partial charge in [0, 0.05) is 12.6 Å². The SMILES string of the molecule is CC(C)(C)CNC1C(C)(C)[C@H]2CC[C@]1(C)C2. The van der Waals surface area contributed by atoms with Gasteiger partial charge < -0.3 is 5.32 Å². The van der Waals surface area contributed by atoms with E-state index in [-0.39, 0.29) is 0 Å². The van der Waals surface area contributed by atoms with E-state index in [2.05, 4.69) is 46.9 Å². The summed E-state index contributed by atoms with van der Waals surface area (Å²) in [6.45, 7) is 15.6. The van der Waals surface area contributed by atoms with E-state index in [9.17, 15) is 0 Å². The molecule has 0 amide bonds. The third-order valence-electron chi connectivity index (χ3n) is 5.11. The highest BCUT2D eigenvalue weighted by Crippen LogP contribution is 2.62. The van der Waals surface area contributed by atoms with Crippen LogP contribution in [0.15, 0.2) is 0 Å². The molecule has 0 aromatic heterocycles. The summed E-state index contributed by atoms with van der Waals surface area (Å²) < 4.78 is 0. The van der Waals surface area contributed by atoms with Crippen molar-refractivity contribution >= 4 is 0 Å². The van der Waals surface area contributed by atoms with Gasteiger partial charge in [-0.25, -0.2) is 0 Å². The zero-order valence-corrected chi connectivity index (χ0v) is 12.0. The highest BCUT2D eigenvalue weighted by Gasteiger charge is 2.58. The summed E-state index contributed by atoms with van der Waals surface area (Å²) in [6.07, 6.45) is 4.34. The fourth-order valence-corrected chi connectivity index (χ4v) is 4.22. The topological polar surface area (TPSA) is 12.0 Å². The van der Waals surface area contributed by atoms with Crippen LogP contribution in [0.4, 0.5) is 0 Å². The van der Waals surface area contributed by atoms with Crippen LogP contribution in [0.25, 0.3) is 0 Å². The highest BCUT2D eigenvalue weighted by molar-refractivity contribution is 5.12. The average Bonchev–Trinajstić information content (AvgIpc) is 2.52. The summed E-state index contributed by atoms with van der Waals surface area (Å²) in [5.74, 6) is 0.954. The molecule has 94 valence electrons. The monoisotopic (exact) mass is 223 g/mol. The Bertz CT molecular complexity index is 269. The van der Waals surface area contributed by atoms with E-state index in [0.717, 1.165) is 18.5 Å². The number of nitrogens with one attached hydrogen (secondary N) is 1. The molecule has 1 unspecified atom stereocenters. The van der Waals surface area contributed by atoms with Crippen molar-refractivity contribution in [3.05, 3.63) is 0 Å². The number of rotatable bonds is 2. The van der Waals surface area contributed by atoms with Crippen LogP contribution in [0.2, 0.25) is 0 Å². The van der Waals surface area contributed by atoms with Crippen LogP contribution in [-0.2, 0) is 0 Å². The summed E-state index contributed by atoms with van der Waals surface area (Å²) in [5, 5.41) is 3.88. The Labute approximate surface area is 101 Å². The lowest BCUT2D eigenvalue weighted by Crippen LogP contribution is -2.52. The van der Waals surface area contributed by atoms with Gasteiger partial charge in [0.05, 0.1) is 0 Å². The van der Waals surface area contributed by atoms with Crippen LogP contribution in [0.3, 0.4) is 0 Å². The van der Waals surface area contributed by atoms with E-state index < -0.39 is 0 Å². The molecule has 16 heavy (non-hydrogen) atoms. The van der Waals surface area contributed by atoms with E-state index in [1.54, 1.807) is 0 Å². The molecule has 1 heteroatoms. The molecule has 0 aromatic rings. The number of hydrogen-bond donors (Lipinski definition) is 1. The molecule has 2 aliphatic rings. The number of fused-ring (bicyclic) bond motifs is 2. The summed E-state index contributed by atoms with van der Waals surface area (Å²) in [5.41, 5.74) is 1.46. The molecule has 2 fully saturated rings. The van der Waals surface area contributed by atoms with E-state index in [0.29, 0.717) is 16.2 Å². The van der Waals surface area contributed by atoms with Gasteiger partial charge in [-0.1, -0.05) is 41.5 Å².